The number of rotatable bonds is 6. The van der Waals surface area contributed by atoms with Crippen molar-refractivity contribution in [3.63, 3.8) is 0 Å². The Labute approximate surface area is 92.8 Å². The molecule has 0 amide bonds. The molecule has 0 saturated carbocycles. The van der Waals surface area contributed by atoms with Gasteiger partial charge in [0.15, 0.2) is 0 Å². The molecule has 0 aromatic heterocycles. The first-order chi connectivity index (χ1) is 5.18. The summed E-state index contributed by atoms with van der Waals surface area (Å²) >= 11 is 0. The van der Waals surface area contributed by atoms with Crippen LogP contribution in [0.2, 0.25) is 12.6 Å². The minimum absolute atomic E-state index is 0. The van der Waals surface area contributed by atoms with E-state index in [4.69, 9.17) is 8.85 Å². The van der Waals surface area contributed by atoms with E-state index in [0.717, 1.165) is 25.7 Å². The first-order valence-corrected chi connectivity index (χ1v) is 6.78. The minimum Gasteiger partial charge on any atom is -0.395 e. The van der Waals surface area contributed by atoms with Gasteiger partial charge in [-0.15, -0.1) is 0 Å². The zero-order chi connectivity index (χ0) is 8.74. The number of hydrogen-bond acceptors (Lipinski definition) is 2. The summed E-state index contributed by atoms with van der Waals surface area (Å²) in [5.41, 5.74) is 0. The average Bonchev–Trinajstić information content (AvgIpc) is 1.88. The first-order valence-electron chi connectivity index (χ1n) is 4.25. The van der Waals surface area contributed by atoms with Crippen LogP contribution in [0, 0.1) is 6.92 Å². The van der Waals surface area contributed by atoms with Crippen LogP contribution in [0.4, 0.5) is 0 Å². The van der Waals surface area contributed by atoms with Gasteiger partial charge in [0.1, 0.15) is 0 Å². The predicted octanol–water partition coefficient (Wildman–Crippen LogP) is 2.35. The van der Waals surface area contributed by atoms with Crippen LogP contribution in [0.25, 0.3) is 0 Å². The Morgan fingerprint density at radius 3 is 1.83 bits per heavy atom. The normalized spacial score (nSPS) is 11.0. The average molecular weight is 372 g/mol. The molecular weight excluding hydrogens is 353 g/mol. The monoisotopic (exact) mass is 372 g/mol. The Morgan fingerprint density at radius 2 is 1.58 bits per heavy atom. The molecule has 0 aromatic rings. The molecule has 78 valence electrons. The maximum Gasteiger partial charge on any atom is 1.00 e. The predicted molar refractivity (Wildman–Crippen MR) is 49.7 cm³/mol. The van der Waals surface area contributed by atoms with E-state index in [-0.39, 0.29) is 22.4 Å². The van der Waals surface area contributed by atoms with E-state index in [2.05, 4.69) is 13.5 Å². The van der Waals surface area contributed by atoms with Crippen molar-refractivity contribution in [3.05, 3.63) is 6.92 Å². The third kappa shape index (κ3) is 6.40. The van der Waals surface area contributed by atoms with Gasteiger partial charge in [0.05, 0.1) is 0 Å². The van der Waals surface area contributed by atoms with Gasteiger partial charge >= 0.3 is 30.9 Å². The van der Waals surface area contributed by atoms with Gasteiger partial charge < -0.3 is 15.8 Å². The van der Waals surface area contributed by atoms with E-state index in [1.165, 1.54) is 0 Å². The fraction of sp³-hybridized carbons (Fsp3) is 0.875. The summed E-state index contributed by atoms with van der Waals surface area (Å²) in [4.78, 5) is 0. The summed E-state index contributed by atoms with van der Waals surface area (Å²) in [7, 11) is -1.81. The molecule has 0 rings (SSSR count). The third-order valence-electron chi connectivity index (χ3n) is 1.53. The van der Waals surface area contributed by atoms with Crippen LogP contribution in [0.5, 0.6) is 0 Å². The molecule has 0 aromatic carbocycles. The summed E-state index contributed by atoms with van der Waals surface area (Å²) < 4.78 is 11.2. The van der Waals surface area contributed by atoms with E-state index in [1.807, 2.05) is 13.8 Å². The summed E-state index contributed by atoms with van der Waals surface area (Å²) in [5, 5.41) is 0. The van der Waals surface area contributed by atoms with Crippen LogP contribution < -0.4 is 0 Å². The molecule has 0 N–H and O–H groups in total. The molecule has 0 saturated heterocycles. The molecule has 4 heteroatoms. The van der Waals surface area contributed by atoms with Crippen molar-refractivity contribution in [1.29, 1.82) is 0 Å². The maximum atomic E-state index is 5.59. The standard InChI is InChI=1S/C8H19O2Si.Au/c1-5-8-11(4,9-6-2)10-7-3;/h1,5-8H2,2-4H3;/q-1;+1. The SMILES string of the molecule is [Au+].[CH2-]CC[Si](C)(OCC)OCC. The second-order valence-corrected chi connectivity index (χ2v) is 5.95. The smallest absolute Gasteiger partial charge is 0.395 e. The molecule has 0 aliphatic carbocycles. The summed E-state index contributed by atoms with van der Waals surface area (Å²) in [5.74, 6) is 0. The van der Waals surface area contributed by atoms with Crippen molar-refractivity contribution in [3.8, 4) is 0 Å². The Bertz CT molecular complexity index is 84.0. The molecule has 2 nitrogen and oxygen atoms in total. The van der Waals surface area contributed by atoms with Crippen LogP contribution in [0.15, 0.2) is 0 Å². The van der Waals surface area contributed by atoms with Gasteiger partial charge in [-0.05, 0) is 26.4 Å². The zero-order valence-corrected chi connectivity index (χ0v) is 11.3. The molecule has 0 bridgehead atoms. The van der Waals surface area contributed by atoms with Crippen molar-refractivity contribution < 1.29 is 31.2 Å². The van der Waals surface area contributed by atoms with Crippen LogP contribution in [0.1, 0.15) is 20.3 Å². The maximum absolute atomic E-state index is 5.59. The molecule has 0 aliphatic rings. The Kier molecular flexibility index (Phi) is 10.8. The molecule has 0 spiro atoms. The van der Waals surface area contributed by atoms with Crippen LogP contribution in [-0.2, 0) is 31.2 Å². The van der Waals surface area contributed by atoms with E-state index in [9.17, 15) is 0 Å². The van der Waals surface area contributed by atoms with Gasteiger partial charge in [-0.3, -0.25) is 0 Å². The molecule has 0 unspecified atom stereocenters. The second-order valence-electron chi connectivity index (χ2n) is 2.60. The van der Waals surface area contributed by atoms with Gasteiger partial charge in [0.25, 0.3) is 0 Å². The topological polar surface area (TPSA) is 18.5 Å². The van der Waals surface area contributed by atoms with Gasteiger partial charge in [-0.25, -0.2) is 0 Å². The Balaban J connectivity index is 0. The van der Waals surface area contributed by atoms with E-state index >= 15 is 0 Å². The molecule has 0 heterocycles. The first kappa shape index (κ1) is 15.4. The van der Waals surface area contributed by atoms with E-state index in [1.54, 1.807) is 0 Å². The zero-order valence-electron chi connectivity index (χ0n) is 8.15. The summed E-state index contributed by atoms with van der Waals surface area (Å²) in [6.45, 7) is 11.4. The van der Waals surface area contributed by atoms with Crippen LogP contribution in [-0.4, -0.2) is 21.8 Å². The van der Waals surface area contributed by atoms with Crippen molar-refractivity contribution in [2.24, 2.45) is 0 Å². The van der Waals surface area contributed by atoms with Crippen molar-refractivity contribution >= 4 is 8.56 Å². The Hall–Kier alpha value is 0.877. The van der Waals surface area contributed by atoms with Crippen molar-refractivity contribution in [2.75, 3.05) is 13.2 Å². The molecule has 0 atom stereocenters. The van der Waals surface area contributed by atoms with Crippen LogP contribution in [0.3, 0.4) is 0 Å². The fourth-order valence-electron chi connectivity index (χ4n) is 1.12. The third-order valence-corrected chi connectivity index (χ3v) is 4.59. The molecule has 0 aliphatic heterocycles. The Morgan fingerprint density at radius 1 is 1.17 bits per heavy atom. The second kappa shape index (κ2) is 8.47. The molecule has 0 radical (unpaired) electrons. The van der Waals surface area contributed by atoms with Crippen LogP contribution >= 0.6 is 0 Å². The van der Waals surface area contributed by atoms with E-state index < -0.39 is 8.56 Å². The molecule has 0 fully saturated rings. The number of hydrogen-bond donors (Lipinski definition) is 0. The van der Waals surface area contributed by atoms with Crippen molar-refractivity contribution in [2.45, 2.75) is 32.9 Å². The van der Waals surface area contributed by atoms with Gasteiger partial charge in [-0.2, -0.15) is 6.42 Å². The quantitative estimate of drug-likeness (QED) is 0.527. The van der Waals surface area contributed by atoms with E-state index in [0.29, 0.717) is 0 Å². The molecular formula is C8H19AuO2Si. The van der Waals surface area contributed by atoms with Crippen molar-refractivity contribution in [1.82, 2.24) is 0 Å². The fourth-order valence-corrected chi connectivity index (χ4v) is 3.35. The van der Waals surface area contributed by atoms with Gasteiger partial charge in [0.2, 0.25) is 0 Å². The summed E-state index contributed by atoms with van der Waals surface area (Å²) in [6, 6.07) is 0.995. The summed E-state index contributed by atoms with van der Waals surface area (Å²) in [6.07, 6.45) is 0.905. The van der Waals surface area contributed by atoms with Gasteiger partial charge in [-0.1, -0.05) is 0 Å². The molecule has 12 heavy (non-hydrogen) atoms. The minimum atomic E-state index is -1.81. The van der Waals surface area contributed by atoms with Gasteiger partial charge in [0, 0.05) is 13.2 Å². The largest absolute Gasteiger partial charge is 1.00 e.